The fraction of sp³-hybridized carbons (Fsp3) is 0.519. The Kier molecular flexibility index (Phi) is 8.44. The molecule has 2 aromatic rings. The zero-order chi connectivity index (χ0) is 24.9. The first-order chi connectivity index (χ1) is 16.0. The lowest BCUT2D eigenvalue weighted by atomic mass is 10.0. The Balaban J connectivity index is 1.79. The molecule has 0 fully saturated rings. The Morgan fingerprint density at radius 3 is 2.65 bits per heavy atom. The third-order valence-corrected chi connectivity index (χ3v) is 11.7. The fourth-order valence-electron chi connectivity index (χ4n) is 4.02. The Hall–Kier alpha value is -2.35. The number of carbonyl (C=O) groups excluding carboxylic acids is 1. The van der Waals surface area contributed by atoms with Crippen molar-refractivity contribution in [2.24, 2.45) is 0 Å². The number of carbonyl (C=O) groups is 1. The molecule has 1 atom stereocenters. The normalized spacial score (nSPS) is 16.3. The van der Waals surface area contributed by atoms with Gasteiger partial charge in [-0.25, -0.2) is 4.79 Å². The number of esters is 1. The van der Waals surface area contributed by atoms with Crippen LogP contribution in [0.1, 0.15) is 61.3 Å². The fourth-order valence-corrected chi connectivity index (χ4v) is 5.05. The second-order valence-electron chi connectivity index (χ2n) is 10.6. The quantitative estimate of drug-likeness (QED) is 0.268. The number of benzene rings is 1. The highest BCUT2D eigenvalue weighted by molar-refractivity contribution is 6.74. The summed E-state index contributed by atoms with van der Waals surface area (Å²) < 4.78 is 11.2. The average molecular weight is 482 g/mol. The highest BCUT2D eigenvalue weighted by Crippen LogP contribution is 2.38. The number of aromatic nitrogens is 2. The number of nitrogens with zero attached hydrogens (tertiary/aromatic N) is 3. The van der Waals surface area contributed by atoms with Crippen molar-refractivity contribution in [2.75, 3.05) is 20.3 Å². The summed E-state index contributed by atoms with van der Waals surface area (Å²) >= 11 is 0. The predicted molar refractivity (Wildman–Crippen MR) is 139 cm³/mol. The number of fused-ring (bicyclic) bond motifs is 1. The van der Waals surface area contributed by atoms with Crippen LogP contribution in [0.15, 0.2) is 36.7 Å². The second-order valence-corrected chi connectivity index (χ2v) is 15.4. The maximum absolute atomic E-state index is 11.5. The Morgan fingerprint density at radius 2 is 2.00 bits per heavy atom. The lowest BCUT2D eigenvalue weighted by molar-refractivity contribution is -0.134. The molecule has 34 heavy (non-hydrogen) atoms. The first kappa shape index (κ1) is 26.3. The smallest absolute Gasteiger partial charge is 0.330 e. The standard InChI is InChI=1S/C27H39N3O3Si/c1-20-17-29-23(18-28-20)19-30(14-15-33-34(6,7)27(2,3)4)25-12-10-22-16-21(8-11-24(22)25)9-13-26(31)32-5/h8-9,11,13,16-18,25H,10,12,14-15,19H2,1-7H3/b13-9+. The van der Waals surface area contributed by atoms with Crippen molar-refractivity contribution in [1.29, 1.82) is 0 Å². The zero-order valence-corrected chi connectivity index (χ0v) is 22.7. The van der Waals surface area contributed by atoms with Crippen molar-refractivity contribution in [3.05, 3.63) is 64.7 Å². The van der Waals surface area contributed by atoms with Gasteiger partial charge in [-0.15, -0.1) is 0 Å². The van der Waals surface area contributed by atoms with E-state index >= 15 is 0 Å². The molecule has 0 spiro atoms. The lowest BCUT2D eigenvalue weighted by Gasteiger charge is -2.37. The molecule has 1 aromatic heterocycles. The van der Waals surface area contributed by atoms with E-state index in [2.05, 4.69) is 66.9 Å². The summed E-state index contributed by atoms with van der Waals surface area (Å²) in [5.41, 5.74) is 5.60. The van der Waals surface area contributed by atoms with Gasteiger partial charge in [0.05, 0.1) is 18.5 Å². The van der Waals surface area contributed by atoms with Gasteiger partial charge < -0.3 is 9.16 Å². The Labute approximate surface area is 205 Å². The molecule has 0 bridgehead atoms. The third-order valence-electron chi connectivity index (χ3n) is 7.11. The van der Waals surface area contributed by atoms with Crippen molar-refractivity contribution in [2.45, 2.75) is 71.3 Å². The summed E-state index contributed by atoms with van der Waals surface area (Å²) in [7, 11) is -0.421. The SMILES string of the molecule is COC(=O)/C=C/c1ccc2c(c1)CCC2N(CCO[Si](C)(C)C(C)(C)C)Cc1cnc(C)cn1. The van der Waals surface area contributed by atoms with E-state index in [0.29, 0.717) is 12.6 Å². The summed E-state index contributed by atoms with van der Waals surface area (Å²) in [5, 5.41) is 0.189. The molecule has 1 aliphatic carbocycles. The van der Waals surface area contributed by atoms with Gasteiger partial charge in [0.2, 0.25) is 0 Å². The number of methoxy groups -OCH3 is 1. The minimum Gasteiger partial charge on any atom is -0.466 e. The molecule has 0 amide bonds. The number of hydrogen-bond acceptors (Lipinski definition) is 6. The maximum Gasteiger partial charge on any atom is 0.330 e. The van der Waals surface area contributed by atoms with Gasteiger partial charge >= 0.3 is 5.97 Å². The van der Waals surface area contributed by atoms with Crippen molar-refractivity contribution >= 4 is 20.4 Å². The molecule has 1 unspecified atom stereocenters. The van der Waals surface area contributed by atoms with Gasteiger partial charge in [-0.2, -0.15) is 0 Å². The van der Waals surface area contributed by atoms with Crippen molar-refractivity contribution < 1.29 is 14.0 Å². The lowest BCUT2D eigenvalue weighted by Crippen LogP contribution is -2.43. The summed E-state index contributed by atoms with van der Waals surface area (Å²) in [6, 6.07) is 6.77. The van der Waals surface area contributed by atoms with Gasteiger partial charge in [0.25, 0.3) is 0 Å². The summed E-state index contributed by atoms with van der Waals surface area (Å²) in [6.07, 6.45) is 9.06. The molecule has 0 aliphatic heterocycles. The van der Waals surface area contributed by atoms with Gasteiger partial charge in [0.15, 0.2) is 8.32 Å². The van der Waals surface area contributed by atoms with Crippen LogP contribution >= 0.6 is 0 Å². The largest absolute Gasteiger partial charge is 0.466 e. The van der Waals surface area contributed by atoms with E-state index in [1.165, 1.54) is 24.3 Å². The van der Waals surface area contributed by atoms with Crippen LogP contribution < -0.4 is 0 Å². The molecule has 1 aromatic carbocycles. The van der Waals surface area contributed by atoms with E-state index in [1.807, 2.05) is 25.4 Å². The number of hydrogen-bond donors (Lipinski definition) is 0. The van der Waals surface area contributed by atoms with E-state index < -0.39 is 8.32 Å². The summed E-state index contributed by atoms with van der Waals surface area (Å²) in [5.74, 6) is -0.342. The van der Waals surface area contributed by atoms with Crippen LogP contribution in [0, 0.1) is 6.92 Å². The van der Waals surface area contributed by atoms with Gasteiger partial charge in [0, 0.05) is 44.2 Å². The average Bonchev–Trinajstić information content (AvgIpc) is 3.20. The van der Waals surface area contributed by atoms with E-state index in [1.54, 1.807) is 0 Å². The molecular formula is C27H39N3O3Si. The Bertz CT molecular complexity index is 1010. The molecule has 0 N–H and O–H groups in total. The highest BCUT2D eigenvalue weighted by atomic mass is 28.4. The monoisotopic (exact) mass is 481 g/mol. The van der Waals surface area contributed by atoms with Crippen LogP contribution in [0.5, 0.6) is 0 Å². The molecular weight excluding hydrogens is 442 g/mol. The van der Waals surface area contributed by atoms with Crippen LogP contribution in [-0.2, 0) is 26.9 Å². The highest BCUT2D eigenvalue weighted by Gasteiger charge is 2.37. The molecule has 0 saturated heterocycles. The van der Waals surface area contributed by atoms with Crippen LogP contribution in [0.4, 0.5) is 0 Å². The number of aryl methyl sites for hydroxylation is 2. The van der Waals surface area contributed by atoms with Crippen LogP contribution in [0.3, 0.4) is 0 Å². The minimum atomic E-state index is -1.81. The summed E-state index contributed by atoms with van der Waals surface area (Å²) in [6.45, 7) is 15.7. The van der Waals surface area contributed by atoms with Crippen LogP contribution in [-0.4, -0.2) is 49.4 Å². The van der Waals surface area contributed by atoms with E-state index in [0.717, 1.165) is 42.9 Å². The van der Waals surface area contributed by atoms with E-state index in [9.17, 15) is 4.79 Å². The van der Waals surface area contributed by atoms with Crippen LogP contribution in [0.25, 0.3) is 6.08 Å². The van der Waals surface area contributed by atoms with Gasteiger partial charge in [-0.1, -0.05) is 39.0 Å². The van der Waals surface area contributed by atoms with Gasteiger partial charge in [0.1, 0.15) is 0 Å². The maximum atomic E-state index is 11.5. The second kappa shape index (κ2) is 10.9. The van der Waals surface area contributed by atoms with Crippen molar-refractivity contribution in [1.82, 2.24) is 14.9 Å². The molecule has 3 rings (SSSR count). The predicted octanol–water partition coefficient (Wildman–Crippen LogP) is 5.48. The first-order valence-corrected chi connectivity index (χ1v) is 15.0. The van der Waals surface area contributed by atoms with Gasteiger partial charge in [-0.05, 0) is 60.7 Å². The topological polar surface area (TPSA) is 64.5 Å². The van der Waals surface area contributed by atoms with E-state index in [4.69, 9.17) is 9.16 Å². The molecule has 7 heteroatoms. The third kappa shape index (κ3) is 6.61. The first-order valence-electron chi connectivity index (χ1n) is 12.0. The molecule has 0 radical (unpaired) electrons. The molecule has 1 aliphatic rings. The van der Waals surface area contributed by atoms with E-state index in [-0.39, 0.29) is 11.0 Å². The zero-order valence-electron chi connectivity index (χ0n) is 21.7. The van der Waals surface area contributed by atoms with Crippen molar-refractivity contribution in [3.63, 3.8) is 0 Å². The van der Waals surface area contributed by atoms with Gasteiger partial charge in [-0.3, -0.25) is 14.9 Å². The molecule has 184 valence electrons. The van der Waals surface area contributed by atoms with Crippen molar-refractivity contribution in [3.8, 4) is 0 Å². The molecule has 6 nitrogen and oxygen atoms in total. The number of rotatable bonds is 9. The minimum absolute atomic E-state index is 0.189. The Morgan fingerprint density at radius 1 is 1.24 bits per heavy atom. The molecule has 0 saturated carbocycles. The summed E-state index contributed by atoms with van der Waals surface area (Å²) in [4.78, 5) is 23.0. The molecule has 1 heterocycles. The number of ether oxygens (including phenoxy) is 1. The van der Waals surface area contributed by atoms with Crippen LogP contribution in [0.2, 0.25) is 18.1 Å².